The van der Waals surface area contributed by atoms with Crippen LogP contribution in [0.1, 0.15) is 60.5 Å². The highest BCUT2D eigenvalue weighted by atomic mass is 16.2. The van der Waals surface area contributed by atoms with Crippen molar-refractivity contribution in [2.24, 2.45) is 5.92 Å². The highest BCUT2D eigenvalue weighted by molar-refractivity contribution is 5.92. The van der Waals surface area contributed by atoms with Crippen LogP contribution >= 0.6 is 0 Å². The van der Waals surface area contributed by atoms with Crippen molar-refractivity contribution >= 4 is 5.91 Å². The number of rotatable bonds is 2. The van der Waals surface area contributed by atoms with Crippen molar-refractivity contribution in [1.82, 2.24) is 19.8 Å². The molecule has 0 aliphatic carbocycles. The van der Waals surface area contributed by atoms with Gasteiger partial charge in [-0.15, -0.1) is 0 Å². The Morgan fingerprint density at radius 2 is 1.74 bits per heavy atom. The molecule has 5 nitrogen and oxygen atoms in total. The van der Waals surface area contributed by atoms with Crippen molar-refractivity contribution in [3.05, 3.63) is 23.3 Å². The van der Waals surface area contributed by atoms with E-state index in [1.807, 2.05) is 17.9 Å². The van der Waals surface area contributed by atoms with E-state index in [0.717, 1.165) is 69.3 Å². The first kappa shape index (κ1) is 16.4. The second-order valence-electron chi connectivity index (χ2n) is 7.31. The minimum absolute atomic E-state index is 0.0802. The van der Waals surface area contributed by atoms with Gasteiger partial charge < -0.3 is 9.80 Å². The second kappa shape index (κ2) is 6.95. The number of nitrogens with zero attached hydrogens (tertiary/aromatic N) is 4. The number of hydrogen-bond donors (Lipinski definition) is 0. The quantitative estimate of drug-likeness (QED) is 0.841. The fourth-order valence-corrected chi connectivity index (χ4v) is 3.52. The van der Waals surface area contributed by atoms with E-state index in [2.05, 4.69) is 28.8 Å². The molecular formula is C18H28N4O. The number of amides is 1. The highest BCUT2D eigenvalue weighted by Gasteiger charge is 2.25. The Kier molecular flexibility index (Phi) is 4.95. The summed E-state index contributed by atoms with van der Waals surface area (Å²) in [6.45, 7) is 8.09. The van der Waals surface area contributed by atoms with E-state index in [4.69, 9.17) is 0 Å². The molecule has 0 unspecified atom stereocenters. The zero-order chi connectivity index (χ0) is 16.4. The van der Waals surface area contributed by atoms with Crippen molar-refractivity contribution in [2.45, 2.75) is 45.4 Å². The molecule has 2 fully saturated rings. The minimum atomic E-state index is 0.0802. The number of piperidine rings is 2. The van der Waals surface area contributed by atoms with Gasteiger partial charge in [0.2, 0.25) is 0 Å². The van der Waals surface area contributed by atoms with Gasteiger partial charge in [-0.25, -0.2) is 9.97 Å². The summed E-state index contributed by atoms with van der Waals surface area (Å²) < 4.78 is 0. The lowest BCUT2D eigenvalue weighted by molar-refractivity contribution is 0.0690. The summed E-state index contributed by atoms with van der Waals surface area (Å²) in [4.78, 5) is 26.3. The van der Waals surface area contributed by atoms with E-state index in [1.54, 1.807) is 0 Å². The van der Waals surface area contributed by atoms with Crippen LogP contribution in [0.15, 0.2) is 6.07 Å². The molecule has 0 N–H and O–H groups in total. The number of aryl methyl sites for hydroxylation is 1. The topological polar surface area (TPSA) is 49.3 Å². The second-order valence-corrected chi connectivity index (χ2v) is 7.31. The molecule has 2 aliphatic rings. The summed E-state index contributed by atoms with van der Waals surface area (Å²) in [5.41, 5.74) is 1.49. The Labute approximate surface area is 139 Å². The highest BCUT2D eigenvalue weighted by Crippen LogP contribution is 2.26. The monoisotopic (exact) mass is 316 g/mol. The van der Waals surface area contributed by atoms with Crippen LogP contribution in [0.5, 0.6) is 0 Å². The van der Waals surface area contributed by atoms with E-state index >= 15 is 0 Å². The van der Waals surface area contributed by atoms with E-state index in [9.17, 15) is 4.79 Å². The number of likely N-dealkylation sites (tertiary alicyclic amines) is 2. The minimum Gasteiger partial charge on any atom is -0.337 e. The maximum atomic E-state index is 12.8. The summed E-state index contributed by atoms with van der Waals surface area (Å²) in [6.07, 6.45) is 4.35. The molecule has 0 saturated carbocycles. The molecular weight excluding hydrogens is 288 g/mol. The fraction of sp³-hybridized carbons (Fsp3) is 0.722. The average molecular weight is 316 g/mol. The largest absolute Gasteiger partial charge is 0.337 e. The summed E-state index contributed by atoms with van der Waals surface area (Å²) in [7, 11) is 2.15. The zero-order valence-corrected chi connectivity index (χ0v) is 14.6. The molecule has 1 aromatic rings. The predicted octanol–water partition coefficient (Wildman–Crippen LogP) is 2.47. The lowest BCUT2D eigenvalue weighted by Crippen LogP contribution is -2.38. The van der Waals surface area contributed by atoms with Gasteiger partial charge in [-0.3, -0.25) is 4.79 Å². The van der Waals surface area contributed by atoms with Crippen molar-refractivity contribution in [3.63, 3.8) is 0 Å². The summed E-state index contributed by atoms with van der Waals surface area (Å²) >= 11 is 0. The first-order valence-electron chi connectivity index (χ1n) is 8.86. The van der Waals surface area contributed by atoms with Crippen LogP contribution in [0.3, 0.4) is 0 Å². The standard InChI is InChI=1S/C18H28N4O/c1-13-4-10-22(11-5-13)18(23)16-12-14(2)19-17(20-16)15-6-8-21(3)9-7-15/h12-13,15H,4-11H2,1-3H3. The molecule has 0 aromatic carbocycles. The van der Waals surface area contributed by atoms with E-state index in [1.165, 1.54) is 0 Å². The number of hydrogen-bond acceptors (Lipinski definition) is 4. The third-order valence-corrected chi connectivity index (χ3v) is 5.25. The average Bonchev–Trinajstić information content (AvgIpc) is 2.55. The molecule has 0 bridgehead atoms. The van der Waals surface area contributed by atoms with Crippen LogP contribution in [0.25, 0.3) is 0 Å². The van der Waals surface area contributed by atoms with Gasteiger partial charge in [0.1, 0.15) is 11.5 Å². The summed E-state index contributed by atoms with van der Waals surface area (Å²) in [5, 5.41) is 0. The SMILES string of the molecule is Cc1cc(C(=O)N2CCC(C)CC2)nc(C2CCN(C)CC2)n1. The zero-order valence-electron chi connectivity index (χ0n) is 14.6. The molecule has 1 aromatic heterocycles. The number of carbonyl (C=O) groups excluding carboxylic acids is 1. The molecule has 0 spiro atoms. The van der Waals surface area contributed by atoms with Crippen molar-refractivity contribution in [3.8, 4) is 0 Å². The molecule has 2 saturated heterocycles. The third kappa shape index (κ3) is 3.89. The van der Waals surface area contributed by atoms with Gasteiger partial charge in [0, 0.05) is 24.7 Å². The molecule has 3 heterocycles. The van der Waals surface area contributed by atoms with Crippen molar-refractivity contribution in [2.75, 3.05) is 33.2 Å². The Morgan fingerprint density at radius 1 is 1.09 bits per heavy atom. The van der Waals surface area contributed by atoms with E-state index < -0.39 is 0 Å². The fourth-order valence-electron chi connectivity index (χ4n) is 3.52. The molecule has 0 atom stereocenters. The van der Waals surface area contributed by atoms with Gasteiger partial charge in [0.05, 0.1) is 0 Å². The smallest absolute Gasteiger partial charge is 0.272 e. The van der Waals surface area contributed by atoms with Crippen LogP contribution < -0.4 is 0 Å². The number of carbonyl (C=O) groups is 1. The Balaban J connectivity index is 1.76. The third-order valence-electron chi connectivity index (χ3n) is 5.25. The molecule has 2 aliphatic heterocycles. The van der Waals surface area contributed by atoms with Gasteiger partial charge in [-0.2, -0.15) is 0 Å². The summed E-state index contributed by atoms with van der Waals surface area (Å²) in [5.74, 6) is 2.06. The maximum absolute atomic E-state index is 12.8. The molecule has 0 radical (unpaired) electrons. The normalized spacial score (nSPS) is 21.6. The maximum Gasteiger partial charge on any atom is 0.272 e. The van der Waals surface area contributed by atoms with Crippen LogP contribution in [-0.2, 0) is 0 Å². The predicted molar refractivity (Wildman–Crippen MR) is 90.5 cm³/mol. The van der Waals surface area contributed by atoms with Crippen LogP contribution in [0.4, 0.5) is 0 Å². The first-order chi connectivity index (χ1) is 11.0. The molecule has 23 heavy (non-hydrogen) atoms. The van der Waals surface area contributed by atoms with Crippen LogP contribution in [-0.4, -0.2) is 58.9 Å². The van der Waals surface area contributed by atoms with Gasteiger partial charge in [0.15, 0.2) is 0 Å². The Hall–Kier alpha value is -1.49. The lowest BCUT2D eigenvalue weighted by atomic mass is 9.96. The molecule has 1 amide bonds. The van der Waals surface area contributed by atoms with Gasteiger partial charge in [-0.1, -0.05) is 6.92 Å². The van der Waals surface area contributed by atoms with Crippen LogP contribution in [0, 0.1) is 12.8 Å². The van der Waals surface area contributed by atoms with Crippen molar-refractivity contribution < 1.29 is 4.79 Å². The Morgan fingerprint density at radius 3 is 2.39 bits per heavy atom. The van der Waals surface area contributed by atoms with Gasteiger partial charge in [-0.05, 0) is 64.7 Å². The van der Waals surface area contributed by atoms with Crippen LogP contribution in [0.2, 0.25) is 0 Å². The molecule has 5 heteroatoms. The van der Waals surface area contributed by atoms with E-state index in [0.29, 0.717) is 11.6 Å². The van der Waals surface area contributed by atoms with Gasteiger partial charge >= 0.3 is 0 Å². The molecule has 3 rings (SSSR count). The Bertz CT molecular complexity index is 558. The molecule has 126 valence electrons. The van der Waals surface area contributed by atoms with Gasteiger partial charge in [0.25, 0.3) is 5.91 Å². The summed E-state index contributed by atoms with van der Waals surface area (Å²) in [6, 6.07) is 1.85. The number of aromatic nitrogens is 2. The van der Waals surface area contributed by atoms with E-state index in [-0.39, 0.29) is 5.91 Å². The first-order valence-corrected chi connectivity index (χ1v) is 8.86. The lowest BCUT2D eigenvalue weighted by Gasteiger charge is -2.30. The van der Waals surface area contributed by atoms with Crippen molar-refractivity contribution in [1.29, 1.82) is 0 Å².